The molecule has 0 saturated heterocycles. The molecule has 0 aromatic heterocycles. The van der Waals surface area contributed by atoms with Crippen LogP contribution >= 0.6 is 0 Å². The first-order valence-corrected chi connectivity index (χ1v) is 25.2. The Morgan fingerprint density at radius 2 is 0.688 bits per heavy atom. The summed E-state index contributed by atoms with van der Waals surface area (Å²) < 4.78 is 78.8. The molecule has 0 spiro atoms. The zero-order valence-corrected chi connectivity index (χ0v) is 41.3. The van der Waals surface area contributed by atoms with Gasteiger partial charge in [-0.1, -0.05) is 100 Å². The topological polar surface area (TPSA) is 112 Å². The van der Waals surface area contributed by atoms with Crippen LogP contribution in [0.4, 0.5) is 0 Å². The molecular formula is C52H74N2O8S2. The Morgan fingerprint density at radius 3 is 0.875 bits per heavy atom. The second-order valence-corrected chi connectivity index (χ2v) is 21.6. The van der Waals surface area contributed by atoms with Gasteiger partial charge in [0.2, 0.25) is 20.0 Å². The molecule has 4 aromatic rings. The van der Waals surface area contributed by atoms with E-state index in [1.54, 1.807) is 49.2 Å². The smallest absolute Gasteiger partial charge is 0.220 e. The molecule has 352 valence electrons. The summed E-state index contributed by atoms with van der Waals surface area (Å²) >= 11 is 0. The van der Waals surface area contributed by atoms with Crippen LogP contribution in [0.5, 0.6) is 23.0 Å². The van der Waals surface area contributed by atoms with Crippen molar-refractivity contribution in [2.75, 3.05) is 28.4 Å². The van der Waals surface area contributed by atoms with E-state index >= 15 is 0 Å². The predicted molar refractivity (Wildman–Crippen MR) is 263 cm³/mol. The van der Waals surface area contributed by atoms with Crippen LogP contribution in [0.1, 0.15) is 114 Å². The third-order valence-corrected chi connectivity index (χ3v) is 17.1. The van der Waals surface area contributed by atoms with Crippen LogP contribution < -0.4 is 18.9 Å². The Labute approximate surface area is 386 Å². The van der Waals surface area contributed by atoms with E-state index in [9.17, 15) is 16.8 Å². The van der Waals surface area contributed by atoms with Crippen molar-refractivity contribution in [3.05, 3.63) is 145 Å². The molecule has 4 rings (SSSR count). The van der Waals surface area contributed by atoms with E-state index in [1.165, 1.54) is 0 Å². The standard InChI is InChI=1S/2C26H37NO4S/c2*1-6-8-18-26(3,19-9-7-2)32(28,29)27(20-22-10-14-24(30-4)15-11-22)21-23-12-16-25(31-5)17-13-23/h2*6,10-17H,1,7-9,18-21H2,2-5H3/t2*26-/m10/s1. The Hall–Kier alpha value is -4.62. The number of unbranched alkanes of at least 4 members (excludes halogenated alkanes) is 2. The molecule has 0 unspecified atom stereocenters. The van der Waals surface area contributed by atoms with E-state index in [4.69, 9.17) is 18.9 Å². The van der Waals surface area contributed by atoms with Gasteiger partial charge >= 0.3 is 0 Å². The van der Waals surface area contributed by atoms with Crippen molar-refractivity contribution in [1.82, 2.24) is 8.61 Å². The summed E-state index contributed by atoms with van der Waals surface area (Å²) in [5, 5.41) is 0. The summed E-state index contributed by atoms with van der Waals surface area (Å²) in [5.41, 5.74) is 3.68. The molecule has 0 aliphatic rings. The van der Waals surface area contributed by atoms with Crippen molar-refractivity contribution in [1.29, 1.82) is 0 Å². The van der Waals surface area contributed by atoms with Gasteiger partial charge in [-0.2, -0.15) is 8.61 Å². The second kappa shape index (κ2) is 26.4. The first kappa shape index (κ1) is 53.7. The minimum atomic E-state index is -3.61. The van der Waals surface area contributed by atoms with Crippen molar-refractivity contribution < 1.29 is 35.8 Å². The number of rotatable bonds is 28. The van der Waals surface area contributed by atoms with Crippen LogP contribution in [0.25, 0.3) is 0 Å². The highest BCUT2D eigenvalue weighted by Gasteiger charge is 2.43. The molecule has 64 heavy (non-hydrogen) atoms. The summed E-state index contributed by atoms with van der Waals surface area (Å²) in [6.07, 6.45) is 10.9. The van der Waals surface area contributed by atoms with E-state index in [0.717, 1.165) is 70.9 Å². The third kappa shape index (κ3) is 15.2. The molecule has 12 heteroatoms. The van der Waals surface area contributed by atoms with Gasteiger partial charge in [-0.3, -0.25) is 0 Å². The second-order valence-electron chi connectivity index (χ2n) is 16.7. The summed E-state index contributed by atoms with van der Waals surface area (Å²) in [6, 6.07) is 30.3. The van der Waals surface area contributed by atoms with Crippen LogP contribution in [0.2, 0.25) is 0 Å². The lowest BCUT2D eigenvalue weighted by molar-refractivity contribution is 0.360. The normalized spacial score (nSPS) is 13.5. The van der Waals surface area contributed by atoms with Crippen LogP contribution in [0.3, 0.4) is 0 Å². The number of nitrogens with zero attached hydrogens (tertiary/aromatic N) is 2. The van der Waals surface area contributed by atoms with Gasteiger partial charge in [0, 0.05) is 26.2 Å². The number of hydrogen-bond donors (Lipinski definition) is 0. The maximum atomic E-state index is 14.1. The molecular weight excluding hydrogens is 845 g/mol. The summed E-state index contributed by atoms with van der Waals surface area (Å²) in [6.45, 7) is 16.8. The van der Waals surface area contributed by atoms with Crippen molar-refractivity contribution in [3.8, 4) is 23.0 Å². The highest BCUT2D eigenvalue weighted by molar-refractivity contribution is 7.90. The minimum Gasteiger partial charge on any atom is -0.497 e. The average Bonchev–Trinajstić information content (AvgIpc) is 3.31. The van der Waals surface area contributed by atoms with Crippen molar-refractivity contribution >= 4 is 20.0 Å². The molecule has 10 nitrogen and oxygen atoms in total. The van der Waals surface area contributed by atoms with Gasteiger partial charge in [0.1, 0.15) is 23.0 Å². The number of allylic oxidation sites excluding steroid dienone is 2. The Balaban J connectivity index is 0.000000340. The lowest BCUT2D eigenvalue weighted by Crippen LogP contribution is -2.46. The zero-order valence-electron chi connectivity index (χ0n) is 39.7. The zero-order chi connectivity index (χ0) is 47.2. The third-order valence-electron chi connectivity index (χ3n) is 11.9. The van der Waals surface area contributed by atoms with Gasteiger partial charge in [0.25, 0.3) is 0 Å². The molecule has 0 bridgehead atoms. The molecule has 0 amide bonds. The van der Waals surface area contributed by atoms with Crippen LogP contribution in [-0.4, -0.2) is 63.4 Å². The van der Waals surface area contributed by atoms with Crippen molar-refractivity contribution in [2.45, 2.75) is 128 Å². The molecule has 0 aliphatic heterocycles. The van der Waals surface area contributed by atoms with Gasteiger partial charge in [-0.05, 0) is 123 Å². The molecule has 0 aliphatic carbocycles. The largest absolute Gasteiger partial charge is 0.497 e. The van der Waals surface area contributed by atoms with Crippen molar-refractivity contribution in [2.24, 2.45) is 0 Å². The fourth-order valence-corrected chi connectivity index (χ4v) is 11.6. The fraction of sp³-hybridized carbons (Fsp3) is 0.462. The van der Waals surface area contributed by atoms with Gasteiger partial charge in [0.05, 0.1) is 37.9 Å². The van der Waals surface area contributed by atoms with E-state index in [1.807, 2.05) is 111 Å². The molecule has 0 heterocycles. The molecule has 4 aromatic carbocycles. The van der Waals surface area contributed by atoms with Gasteiger partial charge in [-0.15, -0.1) is 13.2 Å². The first-order chi connectivity index (χ1) is 30.6. The SMILES string of the molecule is C=CCC[C@@](C)(CCCC)S(=O)(=O)N(Cc1ccc(OC)cc1)Cc1ccc(OC)cc1.C=CCC[C@](C)(CCCC)S(=O)(=O)N(Cc1ccc(OC)cc1)Cc1ccc(OC)cc1. The quantitative estimate of drug-likeness (QED) is 0.0518. The van der Waals surface area contributed by atoms with E-state index in [0.29, 0.717) is 64.7 Å². The molecule has 0 radical (unpaired) electrons. The number of sulfonamides is 2. The van der Waals surface area contributed by atoms with Crippen molar-refractivity contribution in [3.63, 3.8) is 0 Å². The van der Waals surface area contributed by atoms with Gasteiger partial charge < -0.3 is 18.9 Å². The Kier molecular flexibility index (Phi) is 22.1. The molecule has 0 fully saturated rings. The highest BCUT2D eigenvalue weighted by atomic mass is 32.2. The fourth-order valence-electron chi connectivity index (χ4n) is 7.50. The van der Waals surface area contributed by atoms with Crippen LogP contribution in [-0.2, 0) is 46.2 Å². The molecule has 2 atom stereocenters. The van der Waals surface area contributed by atoms with Gasteiger partial charge in [-0.25, -0.2) is 16.8 Å². The maximum absolute atomic E-state index is 14.1. The number of ether oxygens (including phenoxy) is 4. The molecule has 0 N–H and O–H groups in total. The lowest BCUT2D eigenvalue weighted by atomic mass is 9.98. The maximum Gasteiger partial charge on any atom is 0.220 e. The Bertz CT molecular complexity index is 1940. The average molecular weight is 919 g/mol. The van der Waals surface area contributed by atoms with E-state index < -0.39 is 29.5 Å². The summed E-state index contributed by atoms with van der Waals surface area (Å²) in [4.78, 5) is 0. The Morgan fingerprint density at radius 1 is 0.453 bits per heavy atom. The molecule has 0 saturated carbocycles. The van der Waals surface area contributed by atoms with Gasteiger partial charge in [0.15, 0.2) is 0 Å². The van der Waals surface area contributed by atoms with Crippen LogP contribution in [0.15, 0.2) is 122 Å². The predicted octanol–water partition coefficient (Wildman–Crippen LogP) is 11.9. The number of hydrogen-bond acceptors (Lipinski definition) is 8. The number of benzene rings is 4. The monoisotopic (exact) mass is 918 g/mol. The summed E-state index contributed by atoms with van der Waals surface area (Å²) in [7, 11) is -0.747. The van der Waals surface area contributed by atoms with Crippen LogP contribution in [0, 0.1) is 0 Å². The van der Waals surface area contributed by atoms with E-state index in [-0.39, 0.29) is 0 Å². The first-order valence-electron chi connectivity index (χ1n) is 22.3. The highest BCUT2D eigenvalue weighted by Crippen LogP contribution is 2.36. The van der Waals surface area contributed by atoms with E-state index in [2.05, 4.69) is 27.0 Å². The lowest BCUT2D eigenvalue weighted by Gasteiger charge is -2.35. The summed E-state index contributed by atoms with van der Waals surface area (Å²) in [5.74, 6) is 2.99. The number of methoxy groups -OCH3 is 4. The minimum absolute atomic E-state index is 0.300.